The van der Waals surface area contributed by atoms with Crippen molar-refractivity contribution in [2.75, 3.05) is 23.3 Å². The van der Waals surface area contributed by atoms with Crippen LogP contribution in [0.4, 0.5) is 10.8 Å². The smallest absolute Gasteiger partial charge is 0.248 e. The molecule has 4 atom stereocenters. The molecule has 3 N–H and O–H groups in total. The van der Waals surface area contributed by atoms with Crippen molar-refractivity contribution in [2.24, 2.45) is 11.8 Å². The molecule has 206 valence electrons. The number of amides is 1. The van der Waals surface area contributed by atoms with E-state index in [-0.39, 0.29) is 18.0 Å². The Morgan fingerprint density at radius 2 is 1.93 bits per heavy atom. The normalized spacial score (nSPS) is 21.0. The molecule has 0 spiro atoms. The van der Waals surface area contributed by atoms with Crippen LogP contribution in [0, 0.1) is 23.2 Å². The lowest BCUT2D eigenvalue weighted by molar-refractivity contribution is -0.129. The van der Waals surface area contributed by atoms with E-state index >= 15 is 0 Å². The first-order valence-corrected chi connectivity index (χ1v) is 14.3. The second-order valence-corrected chi connectivity index (χ2v) is 11.9. The number of aliphatic hydroxyl groups excluding tert-OH is 1. The highest BCUT2D eigenvalue weighted by atomic mass is 32.1. The zero-order chi connectivity index (χ0) is 28.0. The Kier molecular flexibility index (Phi) is 6.85. The number of carbonyl (C=O) groups is 1. The fourth-order valence-corrected chi connectivity index (χ4v) is 6.69. The van der Waals surface area contributed by atoms with Gasteiger partial charge < -0.3 is 20.6 Å². The topological polar surface area (TPSA) is 144 Å². The first-order chi connectivity index (χ1) is 19.3. The van der Waals surface area contributed by atoms with Crippen molar-refractivity contribution in [1.82, 2.24) is 30.1 Å². The van der Waals surface area contributed by atoms with Gasteiger partial charge in [-0.05, 0) is 69.7 Å². The van der Waals surface area contributed by atoms with E-state index in [9.17, 15) is 15.2 Å². The highest BCUT2D eigenvalue weighted by molar-refractivity contribution is 7.18. The summed E-state index contributed by atoms with van der Waals surface area (Å²) < 4.78 is 1.78. The molecule has 2 bridgehead atoms. The van der Waals surface area contributed by atoms with Crippen LogP contribution in [-0.2, 0) is 4.79 Å². The molecule has 6 rings (SSSR count). The third-order valence-corrected chi connectivity index (χ3v) is 8.69. The maximum absolute atomic E-state index is 12.1. The fourth-order valence-electron chi connectivity index (χ4n) is 5.80. The average molecular weight is 558 g/mol. The number of aliphatic hydroxyl groups is 1. The van der Waals surface area contributed by atoms with Gasteiger partial charge in [-0.2, -0.15) is 10.4 Å². The summed E-state index contributed by atoms with van der Waals surface area (Å²) in [5.41, 5.74) is 4.71. The zero-order valence-corrected chi connectivity index (χ0v) is 23.4. The van der Waals surface area contributed by atoms with E-state index in [0.29, 0.717) is 17.4 Å². The summed E-state index contributed by atoms with van der Waals surface area (Å²) in [6, 6.07) is 10.1. The summed E-state index contributed by atoms with van der Waals surface area (Å²) in [4.78, 5) is 19.2. The number of rotatable bonds is 7. The van der Waals surface area contributed by atoms with Gasteiger partial charge in [0.15, 0.2) is 5.01 Å². The minimum atomic E-state index is -0.999. The SMILES string of the molecule is CC(C)Nc1cc(-c2ccc3cc(C#N)cnn23)ncc1-c1nnc(N2C[C@H]3CC[C@@H](C2)C3NC(=O)[C@@H](C)O)s1. The van der Waals surface area contributed by atoms with E-state index in [0.717, 1.165) is 64.2 Å². The molecule has 1 aliphatic heterocycles. The van der Waals surface area contributed by atoms with Gasteiger partial charge in [0.25, 0.3) is 0 Å². The minimum absolute atomic E-state index is 0.0930. The average Bonchev–Trinajstić information content (AvgIpc) is 3.64. The van der Waals surface area contributed by atoms with Crippen LogP contribution < -0.4 is 15.5 Å². The highest BCUT2D eigenvalue weighted by Crippen LogP contribution is 2.41. The largest absolute Gasteiger partial charge is 0.384 e. The van der Waals surface area contributed by atoms with Crippen LogP contribution in [0.2, 0.25) is 0 Å². The number of aromatic nitrogens is 5. The number of pyridine rings is 1. The summed E-state index contributed by atoms with van der Waals surface area (Å²) in [6.07, 6.45) is 4.48. The van der Waals surface area contributed by atoms with Crippen LogP contribution in [-0.4, -0.2) is 67.1 Å². The quantitative estimate of drug-likeness (QED) is 0.312. The van der Waals surface area contributed by atoms with Gasteiger partial charge in [-0.15, -0.1) is 10.2 Å². The van der Waals surface area contributed by atoms with Crippen molar-refractivity contribution in [3.63, 3.8) is 0 Å². The van der Waals surface area contributed by atoms with Crippen molar-refractivity contribution >= 4 is 33.6 Å². The van der Waals surface area contributed by atoms with E-state index in [4.69, 9.17) is 4.98 Å². The van der Waals surface area contributed by atoms with E-state index in [2.05, 4.69) is 50.7 Å². The Labute approximate surface area is 235 Å². The molecule has 11 nitrogen and oxygen atoms in total. The number of carbonyl (C=O) groups excluding carboxylic acids is 1. The van der Waals surface area contributed by atoms with E-state index in [1.165, 1.54) is 6.92 Å². The van der Waals surface area contributed by atoms with Gasteiger partial charge in [0, 0.05) is 37.1 Å². The molecule has 0 aromatic carbocycles. The molecule has 4 aromatic heterocycles. The molecule has 0 radical (unpaired) electrons. The summed E-state index contributed by atoms with van der Waals surface area (Å²) in [5.74, 6) is 0.343. The summed E-state index contributed by atoms with van der Waals surface area (Å²) >= 11 is 1.54. The molecule has 40 heavy (non-hydrogen) atoms. The van der Waals surface area contributed by atoms with Crippen molar-refractivity contribution in [1.29, 1.82) is 5.26 Å². The predicted molar refractivity (Wildman–Crippen MR) is 153 cm³/mol. The molecular weight excluding hydrogens is 526 g/mol. The molecule has 1 saturated heterocycles. The molecule has 1 amide bonds. The van der Waals surface area contributed by atoms with Crippen molar-refractivity contribution < 1.29 is 9.90 Å². The van der Waals surface area contributed by atoms with Gasteiger partial charge in [-0.3, -0.25) is 9.78 Å². The zero-order valence-electron chi connectivity index (χ0n) is 22.6. The number of hydrogen-bond acceptors (Lipinski definition) is 10. The van der Waals surface area contributed by atoms with Crippen molar-refractivity contribution in [3.8, 4) is 28.0 Å². The molecule has 2 aliphatic rings. The summed E-state index contributed by atoms with van der Waals surface area (Å²) in [6.45, 7) is 7.27. The highest BCUT2D eigenvalue weighted by Gasteiger charge is 2.43. The van der Waals surface area contributed by atoms with Crippen LogP contribution >= 0.6 is 11.3 Å². The van der Waals surface area contributed by atoms with Crippen LogP contribution in [0.3, 0.4) is 0 Å². The summed E-state index contributed by atoms with van der Waals surface area (Å²) in [7, 11) is 0. The van der Waals surface area contributed by atoms with Crippen LogP contribution in [0.5, 0.6) is 0 Å². The Morgan fingerprint density at radius 1 is 1.15 bits per heavy atom. The number of nitrogens with zero attached hydrogens (tertiary/aromatic N) is 7. The third-order valence-electron chi connectivity index (χ3n) is 7.68. The Hall–Kier alpha value is -4.08. The fraction of sp³-hybridized carbons (Fsp3) is 0.429. The van der Waals surface area contributed by atoms with E-state index in [1.807, 2.05) is 24.4 Å². The van der Waals surface area contributed by atoms with Crippen molar-refractivity contribution in [2.45, 2.75) is 51.8 Å². The number of nitriles is 1. The second-order valence-electron chi connectivity index (χ2n) is 10.9. The van der Waals surface area contributed by atoms with Crippen LogP contribution in [0.25, 0.3) is 27.5 Å². The molecule has 2 fully saturated rings. The Morgan fingerprint density at radius 3 is 2.62 bits per heavy atom. The summed E-state index contributed by atoms with van der Waals surface area (Å²) in [5, 5.41) is 40.6. The Balaban J connectivity index is 1.26. The number of nitrogens with one attached hydrogen (secondary N) is 2. The molecular formula is C28H31N9O2S. The minimum Gasteiger partial charge on any atom is -0.384 e. The third kappa shape index (κ3) is 4.87. The van der Waals surface area contributed by atoms with E-state index in [1.54, 1.807) is 28.1 Å². The number of hydrogen-bond donors (Lipinski definition) is 3. The van der Waals surface area contributed by atoms with E-state index < -0.39 is 6.10 Å². The number of fused-ring (bicyclic) bond motifs is 3. The van der Waals surface area contributed by atoms with Crippen molar-refractivity contribution in [3.05, 3.63) is 42.2 Å². The molecule has 4 aromatic rings. The number of anilines is 2. The predicted octanol–water partition coefficient (Wildman–Crippen LogP) is 3.32. The van der Waals surface area contributed by atoms with Crippen LogP contribution in [0.1, 0.15) is 39.2 Å². The molecule has 12 heteroatoms. The van der Waals surface area contributed by atoms with Gasteiger partial charge in [-0.1, -0.05) is 11.3 Å². The van der Waals surface area contributed by atoms with Gasteiger partial charge in [0.1, 0.15) is 12.2 Å². The van der Waals surface area contributed by atoms with Gasteiger partial charge in [-0.25, -0.2) is 4.52 Å². The van der Waals surface area contributed by atoms with Gasteiger partial charge in [0.2, 0.25) is 11.0 Å². The lowest BCUT2D eigenvalue weighted by atomic mass is 9.92. The standard InChI is InChI=1S/C28H31N9O2S/c1-15(2)32-22-9-23(24-7-6-20-8-17(10-29)11-31-37(20)24)30-12-21(22)27-34-35-28(40-27)36-13-18-4-5-19(14-36)25(18)33-26(39)16(3)38/h6-9,11-12,15-16,18-19,25,38H,4-5,13-14H2,1-3H3,(H,30,32)(H,33,39)/t16-,18-,19+,25?/m1/s1. The molecule has 1 unspecified atom stereocenters. The monoisotopic (exact) mass is 557 g/mol. The van der Waals surface area contributed by atoms with Gasteiger partial charge >= 0.3 is 0 Å². The van der Waals surface area contributed by atoms with Crippen LogP contribution in [0.15, 0.2) is 36.7 Å². The Bertz CT molecular complexity index is 1590. The van der Waals surface area contributed by atoms with Gasteiger partial charge in [0.05, 0.1) is 34.2 Å². The molecule has 1 saturated carbocycles. The first kappa shape index (κ1) is 26.2. The molecule has 5 heterocycles. The second kappa shape index (κ2) is 10.5. The maximum Gasteiger partial charge on any atom is 0.248 e. The lowest BCUT2D eigenvalue weighted by Gasteiger charge is -2.38. The molecule has 1 aliphatic carbocycles. The number of piperidine rings is 1. The maximum atomic E-state index is 12.1. The lowest BCUT2D eigenvalue weighted by Crippen LogP contribution is -2.54. The first-order valence-electron chi connectivity index (χ1n) is 13.5.